The minimum atomic E-state index is -1.95. The number of hydrogen-bond donors (Lipinski definition) is 10. The Bertz CT molecular complexity index is 1610. The fourth-order valence-electron chi connectivity index (χ4n) is 6.21. The number of phenolic OH excluding ortho intramolecular Hbond substituents is 2. The number of benzene rings is 2. The summed E-state index contributed by atoms with van der Waals surface area (Å²) in [6, 6.07) is 8.98. The van der Waals surface area contributed by atoms with Crippen LogP contribution in [0.5, 0.6) is 23.0 Å². The number of ether oxygens (including phenoxy) is 9. The Morgan fingerprint density at radius 2 is 1.45 bits per heavy atom. The van der Waals surface area contributed by atoms with E-state index in [9.17, 15) is 55.9 Å². The van der Waals surface area contributed by atoms with Gasteiger partial charge in [0, 0.05) is 6.08 Å². The highest BCUT2D eigenvalue weighted by atomic mass is 16.8. The molecule has 56 heavy (non-hydrogen) atoms. The zero-order chi connectivity index (χ0) is 40.7. The third kappa shape index (κ3) is 10.2. The second kappa shape index (κ2) is 19.6. The zero-order valence-corrected chi connectivity index (χ0v) is 30.3. The van der Waals surface area contributed by atoms with E-state index in [1.54, 1.807) is 6.07 Å². The van der Waals surface area contributed by atoms with Gasteiger partial charge >= 0.3 is 5.97 Å². The van der Waals surface area contributed by atoms with Crippen molar-refractivity contribution in [1.82, 2.24) is 0 Å². The Hall–Kier alpha value is -3.71. The predicted molar refractivity (Wildman–Crippen MR) is 185 cm³/mol. The van der Waals surface area contributed by atoms with Crippen LogP contribution < -0.4 is 9.47 Å². The Kier molecular flexibility index (Phi) is 15.2. The molecule has 2 aromatic carbocycles. The molecule has 3 aliphatic heterocycles. The molecule has 312 valence electrons. The monoisotopic (exact) mass is 800 g/mol. The summed E-state index contributed by atoms with van der Waals surface area (Å²) < 4.78 is 50.5. The van der Waals surface area contributed by atoms with Crippen LogP contribution in [0.1, 0.15) is 11.1 Å². The van der Waals surface area contributed by atoms with Crippen LogP contribution in [0.25, 0.3) is 6.08 Å². The number of aliphatic hydroxyl groups is 8. The van der Waals surface area contributed by atoms with Crippen LogP contribution in [0.15, 0.2) is 42.5 Å². The summed E-state index contributed by atoms with van der Waals surface area (Å²) in [6.45, 7) is -2.07. The molecule has 3 fully saturated rings. The van der Waals surface area contributed by atoms with Gasteiger partial charge in [-0.1, -0.05) is 12.1 Å². The zero-order valence-electron chi connectivity index (χ0n) is 30.3. The quantitative estimate of drug-likeness (QED) is 0.0635. The van der Waals surface area contributed by atoms with E-state index in [0.29, 0.717) is 11.1 Å². The maximum atomic E-state index is 12.8. The molecule has 14 atom stereocenters. The van der Waals surface area contributed by atoms with Crippen LogP contribution in [0.4, 0.5) is 0 Å². The minimum absolute atomic E-state index is 0.115. The fraction of sp³-hybridized carbons (Fsp3) is 0.583. The second-order valence-electron chi connectivity index (χ2n) is 13.2. The number of carbonyl (C=O) groups excluding carboxylic acids is 1. The highest BCUT2D eigenvalue weighted by Crippen LogP contribution is 2.34. The summed E-state index contributed by atoms with van der Waals surface area (Å²) in [6.07, 6.45) is -21.2. The van der Waals surface area contributed by atoms with Crippen molar-refractivity contribution in [2.75, 3.05) is 40.6 Å². The first-order chi connectivity index (χ1) is 26.8. The highest BCUT2D eigenvalue weighted by molar-refractivity contribution is 5.87. The van der Waals surface area contributed by atoms with Crippen molar-refractivity contribution >= 4 is 12.0 Å². The minimum Gasteiger partial charge on any atom is -0.504 e. The van der Waals surface area contributed by atoms with Gasteiger partial charge in [-0.3, -0.25) is 0 Å². The number of aromatic hydroxyl groups is 2. The van der Waals surface area contributed by atoms with Crippen molar-refractivity contribution in [1.29, 1.82) is 0 Å². The van der Waals surface area contributed by atoms with Gasteiger partial charge in [0.2, 0.25) is 0 Å². The number of carbonyl (C=O) groups is 1. The van der Waals surface area contributed by atoms with Crippen LogP contribution >= 0.6 is 0 Å². The second-order valence-corrected chi connectivity index (χ2v) is 13.2. The molecule has 20 heteroatoms. The maximum absolute atomic E-state index is 12.8. The Labute approximate surface area is 320 Å². The molecule has 5 rings (SSSR count). The lowest BCUT2D eigenvalue weighted by Crippen LogP contribution is -2.66. The first kappa shape index (κ1) is 43.4. The van der Waals surface area contributed by atoms with Crippen molar-refractivity contribution in [3.8, 4) is 23.0 Å². The summed E-state index contributed by atoms with van der Waals surface area (Å²) in [5.74, 6) is -0.750. The molecular formula is C36H48O20. The van der Waals surface area contributed by atoms with Gasteiger partial charge in [-0.15, -0.1) is 0 Å². The smallest absolute Gasteiger partial charge is 0.330 e. The first-order valence-corrected chi connectivity index (χ1v) is 17.6. The van der Waals surface area contributed by atoms with Crippen molar-refractivity contribution in [3.05, 3.63) is 53.6 Å². The van der Waals surface area contributed by atoms with Gasteiger partial charge in [0.25, 0.3) is 0 Å². The van der Waals surface area contributed by atoms with Crippen molar-refractivity contribution in [2.45, 2.75) is 92.4 Å². The van der Waals surface area contributed by atoms with Crippen molar-refractivity contribution < 1.29 is 98.5 Å². The van der Waals surface area contributed by atoms with Crippen LogP contribution in [0.2, 0.25) is 0 Å². The fourth-order valence-corrected chi connectivity index (χ4v) is 6.21. The summed E-state index contributed by atoms with van der Waals surface area (Å²) in [4.78, 5) is 12.8. The Morgan fingerprint density at radius 1 is 0.750 bits per heavy atom. The molecule has 3 aliphatic rings. The lowest BCUT2D eigenvalue weighted by atomic mass is 9.96. The number of esters is 1. The maximum Gasteiger partial charge on any atom is 0.330 e. The van der Waals surface area contributed by atoms with E-state index in [1.807, 2.05) is 0 Å². The number of phenols is 2. The van der Waals surface area contributed by atoms with E-state index in [2.05, 4.69) is 0 Å². The van der Waals surface area contributed by atoms with Gasteiger partial charge in [-0.05, 0) is 47.9 Å². The Balaban J connectivity index is 1.41. The molecule has 0 bridgehead atoms. The average molecular weight is 801 g/mol. The average Bonchev–Trinajstić information content (AvgIpc) is 3.19. The van der Waals surface area contributed by atoms with Crippen molar-refractivity contribution in [3.63, 3.8) is 0 Å². The molecule has 0 aromatic heterocycles. The van der Waals surface area contributed by atoms with Gasteiger partial charge in [-0.2, -0.15) is 0 Å². The molecule has 0 unspecified atom stereocenters. The normalized spacial score (nSPS) is 35.0. The summed E-state index contributed by atoms with van der Waals surface area (Å²) in [7, 11) is 2.74. The molecule has 0 amide bonds. The third-order valence-corrected chi connectivity index (χ3v) is 9.43. The van der Waals surface area contributed by atoms with Gasteiger partial charge in [0.05, 0.1) is 34.0 Å². The Morgan fingerprint density at radius 3 is 2.14 bits per heavy atom. The molecule has 0 radical (unpaired) electrons. The first-order valence-electron chi connectivity index (χ1n) is 17.6. The summed E-state index contributed by atoms with van der Waals surface area (Å²) in [5.41, 5.74) is 1.07. The molecule has 10 N–H and O–H groups in total. The van der Waals surface area contributed by atoms with Crippen LogP contribution in [0, 0.1) is 0 Å². The molecule has 0 spiro atoms. The van der Waals surface area contributed by atoms with Crippen LogP contribution in [-0.4, -0.2) is 184 Å². The van der Waals surface area contributed by atoms with E-state index in [4.69, 9.17) is 42.6 Å². The molecule has 20 nitrogen and oxygen atoms in total. The van der Waals surface area contributed by atoms with Gasteiger partial charge in [0.1, 0.15) is 73.8 Å². The van der Waals surface area contributed by atoms with E-state index >= 15 is 0 Å². The molecule has 2 aromatic rings. The van der Waals surface area contributed by atoms with Crippen LogP contribution in [-0.2, 0) is 44.4 Å². The molecule has 0 saturated carbocycles. The summed E-state index contributed by atoms with van der Waals surface area (Å²) in [5, 5.41) is 104. The largest absolute Gasteiger partial charge is 0.504 e. The van der Waals surface area contributed by atoms with E-state index in [-0.39, 0.29) is 36.0 Å². The van der Waals surface area contributed by atoms with E-state index in [1.165, 1.54) is 50.6 Å². The topological polar surface area (TPSA) is 302 Å². The number of methoxy groups -OCH3 is 2. The SMILES string of the molecule is COc1ccc(CCO[C@@H]2O[C@H](COC(=O)/C=C/c3ccc(O)c(OC)c3)[C@@H](O)[C@H](O[C@@H]3O[C@H](CO)[C@@H](O)[C@H](O)[C@H]3O)[C@H]2O[C@H]2OC[C@@H](O)[C@@H](O)[C@@H]2O)cc1O. The molecule has 3 saturated heterocycles. The van der Waals surface area contributed by atoms with E-state index in [0.717, 1.165) is 6.08 Å². The van der Waals surface area contributed by atoms with Crippen molar-refractivity contribution in [2.24, 2.45) is 0 Å². The number of rotatable bonds is 15. The van der Waals surface area contributed by atoms with E-state index < -0.39 is 112 Å². The van der Waals surface area contributed by atoms with Crippen LogP contribution in [0.3, 0.4) is 0 Å². The lowest BCUT2D eigenvalue weighted by Gasteiger charge is -2.48. The standard InChI is InChI=1S/C36H48O20/c1-48-21-7-4-17(11-19(21)39)9-10-50-36-33(56-34-30(46)26(42)20(40)14-52-34)32(55-35-31(47)29(45)27(43)23(13-37)53-35)28(44)24(54-36)15-51-25(41)8-5-16-3-6-18(38)22(12-16)49-2/h3-8,11-12,20,23-24,26-40,42-47H,9-10,13-15H2,1-2H3/b8-5+/t20-,23-,24-,26-,27-,28-,29+,30+,31-,32+,33-,34-,35+,36-/m1/s1. The molecular weight excluding hydrogens is 752 g/mol. The highest BCUT2D eigenvalue weighted by Gasteiger charge is 2.54. The van der Waals surface area contributed by atoms with Gasteiger partial charge in [0.15, 0.2) is 41.9 Å². The van der Waals surface area contributed by atoms with Gasteiger partial charge < -0.3 is 93.7 Å². The third-order valence-electron chi connectivity index (χ3n) is 9.43. The molecule has 0 aliphatic carbocycles. The number of hydrogen-bond acceptors (Lipinski definition) is 20. The number of aliphatic hydroxyl groups excluding tert-OH is 8. The lowest BCUT2D eigenvalue weighted by molar-refractivity contribution is -0.386. The predicted octanol–water partition coefficient (Wildman–Crippen LogP) is -2.97. The summed E-state index contributed by atoms with van der Waals surface area (Å²) >= 11 is 0. The van der Waals surface area contributed by atoms with Gasteiger partial charge in [-0.25, -0.2) is 4.79 Å². The molecule has 3 heterocycles.